The summed E-state index contributed by atoms with van der Waals surface area (Å²) in [5.74, 6) is 0.0720. The molecule has 4 heteroatoms. The number of likely N-dealkylation sites (N-methyl/N-ethyl adjacent to an activating group) is 2. The summed E-state index contributed by atoms with van der Waals surface area (Å²) >= 11 is 0. The summed E-state index contributed by atoms with van der Waals surface area (Å²) in [6.45, 7) is 22.1. The van der Waals surface area contributed by atoms with Crippen LogP contribution in [0.5, 0.6) is 0 Å². The fraction of sp³-hybridized carbons (Fsp3) is 0.419. The van der Waals surface area contributed by atoms with Crippen LogP contribution >= 0.6 is 0 Å². The van der Waals surface area contributed by atoms with E-state index in [0.29, 0.717) is 6.54 Å². The highest BCUT2D eigenvalue weighted by Crippen LogP contribution is 2.43. The van der Waals surface area contributed by atoms with Crippen LogP contribution < -0.4 is 5.32 Å². The molecule has 1 N–H and O–H groups in total. The summed E-state index contributed by atoms with van der Waals surface area (Å²) in [6, 6.07) is 13.1. The number of rotatable bonds is 6. The first-order valence-electron chi connectivity index (χ1n) is 12.1. The Kier molecular flexibility index (Phi) is 8.34. The van der Waals surface area contributed by atoms with E-state index < -0.39 is 5.54 Å². The van der Waals surface area contributed by atoms with Crippen molar-refractivity contribution < 1.29 is 9.59 Å². The maximum absolute atomic E-state index is 12.7. The summed E-state index contributed by atoms with van der Waals surface area (Å²) in [7, 11) is 3.66. The van der Waals surface area contributed by atoms with Gasteiger partial charge in [-0.15, -0.1) is 0 Å². The molecule has 2 aromatic carbocycles. The zero-order chi connectivity index (χ0) is 26.8. The molecule has 4 nitrogen and oxygen atoms in total. The summed E-state index contributed by atoms with van der Waals surface area (Å²) in [5, 5.41) is 3.08. The number of nitrogens with zero attached hydrogens (tertiary/aromatic N) is 1. The third-order valence-corrected chi connectivity index (χ3v) is 7.22. The minimum atomic E-state index is -0.579. The van der Waals surface area contributed by atoms with Gasteiger partial charge in [0.1, 0.15) is 6.79 Å². The Morgan fingerprint density at radius 3 is 1.94 bits per heavy atom. The van der Waals surface area contributed by atoms with Gasteiger partial charge >= 0.3 is 0 Å². The van der Waals surface area contributed by atoms with E-state index in [2.05, 4.69) is 95.1 Å². The first-order valence-corrected chi connectivity index (χ1v) is 12.1. The van der Waals surface area contributed by atoms with Crippen molar-refractivity contribution in [1.82, 2.24) is 10.2 Å². The summed E-state index contributed by atoms with van der Waals surface area (Å²) in [5.41, 5.74) is 7.91. The third kappa shape index (κ3) is 5.82. The fourth-order valence-electron chi connectivity index (χ4n) is 4.59. The Labute approximate surface area is 212 Å². The Bertz CT molecular complexity index is 1120. The summed E-state index contributed by atoms with van der Waals surface area (Å²) in [4.78, 5) is 22.4. The molecular formula is C31H42N2O2. The molecule has 0 saturated heterocycles. The van der Waals surface area contributed by atoms with Crippen LogP contribution in [0, 0.1) is 6.92 Å². The molecule has 0 bridgehead atoms. The lowest BCUT2D eigenvalue weighted by atomic mass is 9.67. The smallest absolute Gasteiger partial charge is 0.242 e. The molecule has 0 heterocycles. The van der Waals surface area contributed by atoms with Crippen molar-refractivity contribution in [1.29, 1.82) is 0 Å². The van der Waals surface area contributed by atoms with Crippen molar-refractivity contribution in [2.24, 2.45) is 0 Å². The maximum atomic E-state index is 12.7. The Morgan fingerprint density at radius 2 is 1.46 bits per heavy atom. The number of benzene rings is 2. The minimum Gasteiger partial charge on any atom is -0.340 e. The van der Waals surface area contributed by atoms with Crippen LogP contribution in [-0.4, -0.2) is 37.2 Å². The van der Waals surface area contributed by atoms with Crippen molar-refractivity contribution in [3.8, 4) is 0 Å². The molecular weight excluding hydrogens is 432 g/mol. The van der Waals surface area contributed by atoms with E-state index in [1.54, 1.807) is 4.90 Å². The van der Waals surface area contributed by atoms with Crippen LogP contribution in [-0.2, 0) is 27.0 Å². The molecule has 35 heavy (non-hydrogen) atoms. The van der Waals surface area contributed by atoms with Gasteiger partial charge in [-0.1, -0.05) is 76.8 Å². The number of fused-ring (bicyclic) bond motifs is 1. The number of allylic oxidation sites excluding steroid dienone is 2. The van der Waals surface area contributed by atoms with Gasteiger partial charge in [-0.25, -0.2) is 0 Å². The number of hydrogen-bond donors (Lipinski definition) is 1. The average molecular weight is 475 g/mol. The second-order valence-electron chi connectivity index (χ2n) is 11.2. The van der Waals surface area contributed by atoms with E-state index in [0.717, 1.165) is 16.7 Å². The van der Waals surface area contributed by atoms with Crippen molar-refractivity contribution in [2.45, 2.75) is 71.4 Å². The van der Waals surface area contributed by atoms with E-state index in [4.69, 9.17) is 4.79 Å². The number of amides is 1. The lowest BCUT2D eigenvalue weighted by molar-refractivity contribution is -0.136. The summed E-state index contributed by atoms with van der Waals surface area (Å²) < 4.78 is 0. The Balaban J connectivity index is 0.00000210. The normalized spacial score (nSPS) is 15.5. The molecule has 0 atom stereocenters. The molecule has 0 unspecified atom stereocenters. The first-order chi connectivity index (χ1) is 16.2. The predicted molar refractivity (Wildman–Crippen MR) is 148 cm³/mol. The van der Waals surface area contributed by atoms with E-state index in [9.17, 15) is 4.79 Å². The molecule has 1 aliphatic rings. The SMILES string of the molecule is C=C(c1ccc(CN(C)C(=O)C(C)(C)NC)cc1)c1cc2c(cc1C)C(C)(C)C=CC2(C)C.C=O. The number of nitrogens with one attached hydrogen (secondary N) is 1. The van der Waals surface area contributed by atoms with E-state index >= 15 is 0 Å². The number of hydrogen-bond acceptors (Lipinski definition) is 3. The first kappa shape index (κ1) is 28.3. The standard InChI is InChI=1S/C30H40N2O.CH2O/c1-20-17-25-26(29(5,6)16-15-28(25,3)4)18-24(20)21(2)23-13-11-22(12-14-23)19-32(10)27(33)30(7,8)31-9;1-2/h11-18,31H,2,19H2,1,3-10H3;1H2. The van der Waals surface area contributed by atoms with Crippen LogP contribution in [0.4, 0.5) is 0 Å². The van der Waals surface area contributed by atoms with Gasteiger partial charge in [-0.2, -0.15) is 0 Å². The van der Waals surface area contributed by atoms with E-state index in [1.165, 1.54) is 22.3 Å². The van der Waals surface area contributed by atoms with Gasteiger partial charge in [0.25, 0.3) is 0 Å². The van der Waals surface area contributed by atoms with Crippen LogP contribution in [0.25, 0.3) is 5.57 Å². The van der Waals surface area contributed by atoms with Crippen molar-refractivity contribution in [2.75, 3.05) is 14.1 Å². The van der Waals surface area contributed by atoms with Crippen LogP contribution in [0.3, 0.4) is 0 Å². The average Bonchev–Trinajstić information content (AvgIpc) is 2.82. The van der Waals surface area contributed by atoms with Gasteiger partial charge < -0.3 is 15.0 Å². The molecule has 1 aliphatic carbocycles. The monoisotopic (exact) mass is 474 g/mol. The predicted octanol–water partition coefficient (Wildman–Crippen LogP) is 5.95. The molecule has 0 aliphatic heterocycles. The molecule has 0 saturated carbocycles. The molecule has 3 rings (SSSR count). The highest BCUT2D eigenvalue weighted by Gasteiger charge is 2.33. The van der Waals surface area contributed by atoms with Gasteiger partial charge in [0, 0.05) is 24.4 Å². The molecule has 0 spiro atoms. The van der Waals surface area contributed by atoms with Crippen molar-refractivity contribution in [3.63, 3.8) is 0 Å². The number of carbonyl (C=O) groups is 2. The van der Waals surface area contributed by atoms with E-state index in [-0.39, 0.29) is 16.7 Å². The Morgan fingerprint density at radius 1 is 0.971 bits per heavy atom. The third-order valence-electron chi connectivity index (χ3n) is 7.22. The second kappa shape index (κ2) is 10.3. The highest BCUT2D eigenvalue weighted by molar-refractivity contribution is 5.85. The molecule has 2 aromatic rings. The van der Waals surface area contributed by atoms with Gasteiger partial charge in [0.05, 0.1) is 5.54 Å². The number of aryl methyl sites for hydroxylation is 1. The van der Waals surface area contributed by atoms with Crippen LogP contribution in [0.2, 0.25) is 0 Å². The van der Waals surface area contributed by atoms with Crippen molar-refractivity contribution >= 4 is 18.3 Å². The Hall–Kier alpha value is -2.98. The minimum absolute atomic E-state index is 0.00428. The van der Waals surface area contributed by atoms with Crippen LogP contribution in [0.1, 0.15) is 74.9 Å². The van der Waals surface area contributed by atoms with Crippen molar-refractivity contribution in [3.05, 3.63) is 88.5 Å². The molecule has 0 fully saturated rings. The topological polar surface area (TPSA) is 49.4 Å². The molecule has 0 aromatic heterocycles. The number of carbonyl (C=O) groups excluding carboxylic acids is 2. The maximum Gasteiger partial charge on any atom is 0.242 e. The molecule has 0 radical (unpaired) electrons. The molecule has 1 amide bonds. The van der Waals surface area contributed by atoms with Gasteiger partial charge in [0.15, 0.2) is 0 Å². The molecule has 188 valence electrons. The zero-order valence-electron chi connectivity index (χ0n) is 23.0. The summed E-state index contributed by atoms with van der Waals surface area (Å²) in [6.07, 6.45) is 4.67. The van der Waals surface area contributed by atoms with Gasteiger partial charge in [-0.3, -0.25) is 4.79 Å². The quantitative estimate of drug-likeness (QED) is 0.526. The fourth-order valence-corrected chi connectivity index (χ4v) is 4.59. The van der Waals surface area contributed by atoms with E-state index in [1.807, 2.05) is 34.7 Å². The van der Waals surface area contributed by atoms with Crippen LogP contribution in [0.15, 0.2) is 55.1 Å². The van der Waals surface area contributed by atoms with Gasteiger partial charge in [0.2, 0.25) is 5.91 Å². The lowest BCUT2D eigenvalue weighted by Crippen LogP contribution is -2.51. The lowest BCUT2D eigenvalue weighted by Gasteiger charge is -2.37. The largest absolute Gasteiger partial charge is 0.340 e. The highest BCUT2D eigenvalue weighted by atomic mass is 16.2. The zero-order valence-corrected chi connectivity index (χ0v) is 23.0. The van der Waals surface area contributed by atoms with Gasteiger partial charge in [-0.05, 0) is 72.8 Å². The second-order valence-corrected chi connectivity index (χ2v) is 11.2.